The summed E-state index contributed by atoms with van der Waals surface area (Å²) in [6, 6.07) is 16.8. The maximum atomic E-state index is 13.6. The standard InChI is InChI=1S/C26H27N5O5/c1-16(20-13-8-14-36-20)27-21-22(28-19-12-7-11-18(23(19)32)25(34)30(2)3)26(35)31(29-24(21)33)15-17-9-5-4-6-10-17/h4-14,16,27-28,32H,15H2,1-3H3,(H,29,33). The highest BCUT2D eigenvalue weighted by molar-refractivity contribution is 5.98. The second kappa shape index (κ2) is 10.3. The number of carbonyl (C=O) groups is 1. The van der Waals surface area contributed by atoms with E-state index in [1.165, 1.54) is 28.0 Å². The normalized spacial score (nSPS) is 11.6. The molecule has 2 aromatic carbocycles. The maximum Gasteiger partial charge on any atom is 0.291 e. The van der Waals surface area contributed by atoms with Crippen molar-refractivity contribution in [2.24, 2.45) is 0 Å². The average Bonchev–Trinajstić information content (AvgIpc) is 3.41. The zero-order valence-electron chi connectivity index (χ0n) is 20.1. The number of aromatic hydroxyl groups is 1. The van der Waals surface area contributed by atoms with Gasteiger partial charge >= 0.3 is 0 Å². The third kappa shape index (κ3) is 5.02. The Morgan fingerprint density at radius 2 is 1.81 bits per heavy atom. The van der Waals surface area contributed by atoms with E-state index in [1.54, 1.807) is 39.2 Å². The lowest BCUT2D eigenvalue weighted by atomic mass is 10.1. The van der Waals surface area contributed by atoms with E-state index < -0.39 is 23.1 Å². The molecule has 0 radical (unpaired) electrons. The first-order valence-electron chi connectivity index (χ1n) is 11.3. The summed E-state index contributed by atoms with van der Waals surface area (Å²) >= 11 is 0. The van der Waals surface area contributed by atoms with Gasteiger partial charge in [-0.15, -0.1) is 0 Å². The lowest BCUT2D eigenvalue weighted by Gasteiger charge is -2.19. The summed E-state index contributed by atoms with van der Waals surface area (Å²) < 4.78 is 6.61. The molecule has 2 aromatic heterocycles. The molecule has 0 spiro atoms. The molecule has 1 amide bonds. The third-order valence-corrected chi connectivity index (χ3v) is 5.62. The predicted octanol–water partition coefficient (Wildman–Crippen LogP) is 3.50. The van der Waals surface area contributed by atoms with Crippen molar-refractivity contribution in [1.82, 2.24) is 14.7 Å². The minimum Gasteiger partial charge on any atom is -0.505 e. The van der Waals surface area contributed by atoms with Crippen molar-refractivity contribution in [2.45, 2.75) is 19.5 Å². The number of anilines is 3. The van der Waals surface area contributed by atoms with E-state index in [9.17, 15) is 19.5 Å². The van der Waals surface area contributed by atoms with E-state index in [1.807, 2.05) is 30.3 Å². The van der Waals surface area contributed by atoms with Gasteiger partial charge in [-0.2, -0.15) is 0 Å². The molecule has 0 aliphatic carbocycles. The summed E-state index contributed by atoms with van der Waals surface area (Å²) in [6.07, 6.45) is 1.51. The Balaban J connectivity index is 1.81. The topological polar surface area (TPSA) is 133 Å². The molecule has 186 valence electrons. The number of nitrogens with zero attached hydrogens (tertiary/aromatic N) is 2. The predicted molar refractivity (Wildman–Crippen MR) is 137 cm³/mol. The second-order valence-electron chi connectivity index (χ2n) is 8.48. The van der Waals surface area contributed by atoms with Crippen LogP contribution < -0.4 is 21.8 Å². The first-order chi connectivity index (χ1) is 17.3. The summed E-state index contributed by atoms with van der Waals surface area (Å²) in [7, 11) is 3.14. The van der Waals surface area contributed by atoms with Gasteiger partial charge in [0.2, 0.25) is 0 Å². The lowest BCUT2D eigenvalue weighted by Crippen LogP contribution is -2.34. The number of benzene rings is 2. The molecule has 10 nitrogen and oxygen atoms in total. The van der Waals surface area contributed by atoms with Crippen LogP contribution in [0, 0.1) is 0 Å². The van der Waals surface area contributed by atoms with Crippen LogP contribution in [0.1, 0.15) is 34.6 Å². The largest absolute Gasteiger partial charge is 0.505 e. The van der Waals surface area contributed by atoms with Crippen LogP contribution in [0.25, 0.3) is 0 Å². The Hall–Kier alpha value is -4.73. The molecule has 0 saturated carbocycles. The number of phenols is 1. The fourth-order valence-electron chi connectivity index (χ4n) is 3.73. The Bertz CT molecular complexity index is 1470. The minimum absolute atomic E-state index is 0.0306. The van der Waals surface area contributed by atoms with Crippen LogP contribution in [-0.4, -0.2) is 39.8 Å². The van der Waals surface area contributed by atoms with Gasteiger partial charge in [-0.3, -0.25) is 19.5 Å². The number of para-hydroxylation sites is 1. The molecule has 4 aromatic rings. The molecule has 0 bridgehead atoms. The van der Waals surface area contributed by atoms with E-state index in [-0.39, 0.29) is 34.9 Å². The van der Waals surface area contributed by atoms with Crippen molar-refractivity contribution in [1.29, 1.82) is 0 Å². The van der Waals surface area contributed by atoms with Gasteiger partial charge in [0.15, 0.2) is 5.75 Å². The molecule has 0 fully saturated rings. The van der Waals surface area contributed by atoms with Gasteiger partial charge in [0.1, 0.15) is 17.1 Å². The Morgan fingerprint density at radius 1 is 1.06 bits per heavy atom. The number of rotatable bonds is 8. The van der Waals surface area contributed by atoms with Crippen LogP contribution in [0.15, 0.2) is 80.9 Å². The Kier molecular flexibility index (Phi) is 6.95. The monoisotopic (exact) mass is 489 g/mol. The third-order valence-electron chi connectivity index (χ3n) is 5.62. The zero-order chi connectivity index (χ0) is 25.8. The molecule has 36 heavy (non-hydrogen) atoms. The van der Waals surface area contributed by atoms with Gasteiger partial charge in [-0.1, -0.05) is 36.4 Å². The van der Waals surface area contributed by atoms with Crippen LogP contribution in [0.2, 0.25) is 0 Å². The van der Waals surface area contributed by atoms with Crippen molar-refractivity contribution >= 4 is 23.0 Å². The summed E-state index contributed by atoms with van der Waals surface area (Å²) in [5.41, 5.74) is -0.229. The summed E-state index contributed by atoms with van der Waals surface area (Å²) in [6.45, 7) is 1.91. The van der Waals surface area contributed by atoms with E-state index >= 15 is 0 Å². The van der Waals surface area contributed by atoms with Gasteiger partial charge in [-0.25, -0.2) is 4.68 Å². The van der Waals surface area contributed by atoms with Crippen LogP contribution in [0.3, 0.4) is 0 Å². The molecular formula is C26H27N5O5. The van der Waals surface area contributed by atoms with Crippen LogP contribution in [-0.2, 0) is 6.54 Å². The molecule has 1 unspecified atom stereocenters. The van der Waals surface area contributed by atoms with Crippen LogP contribution in [0.4, 0.5) is 17.1 Å². The molecule has 2 heterocycles. The SMILES string of the molecule is CC(Nc1c(Nc2cccc(C(=O)N(C)C)c2O)c(=O)n(Cc2ccccc2)[nH]c1=O)c1ccco1. The maximum absolute atomic E-state index is 13.6. The van der Waals surface area contributed by atoms with Crippen molar-refractivity contribution in [3.63, 3.8) is 0 Å². The molecule has 10 heteroatoms. The highest BCUT2D eigenvalue weighted by Crippen LogP contribution is 2.32. The van der Waals surface area contributed by atoms with Crippen molar-refractivity contribution < 1.29 is 14.3 Å². The van der Waals surface area contributed by atoms with Crippen molar-refractivity contribution in [3.8, 4) is 5.75 Å². The summed E-state index contributed by atoms with van der Waals surface area (Å²) in [5.74, 6) is -0.181. The number of nitrogens with one attached hydrogen (secondary N) is 3. The van der Waals surface area contributed by atoms with Gasteiger partial charge in [-0.05, 0) is 36.8 Å². The molecule has 0 aliphatic heterocycles. The molecule has 4 N–H and O–H groups in total. The highest BCUT2D eigenvalue weighted by atomic mass is 16.3. The fraction of sp³-hybridized carbons (Fsp3) is 0.192. The quantitative estimate of drug-likeness (QED) is 0.279. The zero-order valence-corrected chi connectivity index (χ0v) is 20.1. The number of hydrogen-bond donors (Lipinski definition) is 4. The molecule has 0 aliphatic rings. The van der Waals surface area contributed by atoms with Gasteiger partial charge < -0.3 is 25.1 Å². The number of furan rings is 1. The molecule has 0 saturated heterocycles. The van der Waals surface area contributed by atoms with Crippen LogP contribution >= 0.6 is 0 Å². The lowest BCUT2D eigenvalue weighted by molar-refractivity contribution is 0.0824. The van der Waals surface area contributed by atoms with E-state index in [0.29, 0.717) is 5.76 Å². The second-order valence-corrected chi connectivity index (χ2v) is 8.48. The fourth-order valence-corrected chi connectivity index (χ4v) is 3.73. The number of phenolic OH excluding ortho intramolecular Hbond substituents is 1. The smallest absolute Gasteiger partial charge is 0.291 e. The Morgan fingerprint density at radius 3 is 2.47 bits per heavy atom. The first-order valence-corrected chi connectivity index (χ1v) is 11.3. The van der Waals surface area contributed by atoms with E-state index in [2.05, 4.69) is 15.7 Å². The van der Waals surface area contributed by atoms with Gasteiger partial charge in [0, 0.05) is 14.1 Å². The van der Waals surface area contributed by atoms with Gasteiger partial charge in [0.05, 0.1) is 30.1 Å². The van der Waals surface area contributed by atoms with Crippen LogP contribution in [0.5, 0.6) is 5.75 Å². The minimum atomic E-state index is -0.550. The summed E-state index contributed by atoms with van der Waals surface area (Å²) in [4.78, 5) is 40.6. The molecule has 1 atom stereocenters. The number of amides is 1. The highest BCUT2D eigenvalue weighted by Gasteiger charge is 2.22. The Labute approximate surface area is 206 Å². The number of aromatic nitrogens is 2. The van der Waals surface area contributed by atoms with Crippen molar-refractivity contribution in [2.75, 3.05) is 24.7 Å². The van der Waals surface area contributed by atoms with Gasteiger partial charge in [0.25, 0.3) is 17.0 Å². The number of hydrogen-bond acceptors (Lipinski definition) is 7. The van der Waals surface area contributed by atoms with Crippen molar-refractivity contribution in [3.05, 3.63) is 105 Å². The average molecular weight is 490 g/mol. The molecule has 4 rings (SSSR count). The van der Waals surface area contributed by atoms with E-state index in [0.717, 1.165) is 5.56 Å². The number of carbonyl (C=O) groups excluding carboxylic acids is 1. The van der Waals surface area contributed by atoms with E-state index in [4.69, 9.17) is 4.42 Å². The number of aromatic amines is 1. The number of H-pyrrole nitrogens is 1. The molecular weight excluding hydrogens is 462 g/mol. The summed E-state index contributed by atoms with van der Waals surface area (Å²) in [5, 5.41) is 19.4. The first kappa shape index (κ1) is 24.4.